The van der Waals surface area contributed by atoms with Gasteiger partial charge in [-0.2, -0.15) is 0 Å². The molecular formula is C16H20N2O3. The predicted octanol–water partition coefficient (Wildman–Crippen LogP) is 0.987. The molecule has 1 atom stereocenters. The van der Waals surface area contributed by atoms with Crippen LogP contribution in [0, 0.1) is 5.92 Å². The highest BCUT2D eigenvalue weighted by molar-refractivity contribution is 6.21. The topological polar surface area (TPSA) is 60.9 Å². The number of imide groups is 1. The molecule has 2 aliphatic rings. The number of nitrogens with zero attached hydrogens (tertiary/aromatic N) is 2. The zero-order valence-corrected chi connectivity index (χ0v) is 12.0. The van der Waals surface area contributed by atoms with Crippen molar-refractivity contribution in [1.82, 2.24) is 9.80 Å². The van der Waals surface area contributed by atoms with E-state index in [4.69, 9.17) is 5.11 Å². The highest BCUT2D eigenvalue weighted by Crippen LogP contribution is 2.23. The second kappa shape index (κ2) is 5.95. The first kappa shape index (κ1) is 14.2. The van der Waals surface area contributed by atoms with Crippen LogP contribution in [0.1, 0.15) is 33.6 Å². The zero-order valence-electron chi connectivity index (χ0n) is 12.0. The monoisotopic (exact) mass is 288 g/mol. The number of aliphatic hydroxyl groups is 1. The lowest BCUT2D eigenvalue weighted by atomic mass is 10.1. The average Bonchev–Trinajstić information content (AvgIpc) is 3.03. The summed E-state index contributed by atoms with van der Waals surface area (Å²) in [6, 6.07) is 6.99. The van der Waals surface area contributed by atoms with Gasteiger partial charge in [0.2, 0.25) is 0 Å². The molecule has 5 heteroatoms. The van der Waals surface area contributed by atoms with Crippen LogP contribution in [0.25, 0.3) is 0 Å². The predicted molar refractivity (Wildman–Crippen MR) is 78.1 cm³/mol. The van der Waals surface area contributed by atoms with Crippen LogP contribution in [0.2, 0.25) is 0 Å². The molecule has 0 aromatic heterocycles. The van der Waals surface area contributed by atoms with Gasteiger partial charge in [0.25, 0.3) is 11.8 Å². The highest BCUT2D eigenvalue weighted by Gasteiger charge is 2.35. The number of carbonyl (C=O) groups excluding carboxylic acids is 2. The van der Waals surface area contributed by atoms with Crippen molar-refractivity contribution in [2.45, 2.75) is 12.8 Å². The van der Waals surface area contributed by atoms with Crippen LogP contribution in [0.15, 0.2) is 24.3 Å². The average molecular weight is 288 g/mol. The van der Waals surface area contributed by atoms with Crippen molar-refractivity contribution >= 4 is 11.8 Å². The van der Waals surface area contributed by atoms with Crippen LogP contribution in [0.3, 0.4) is 0 Å². The molecule has 0 bridgehead atoms. The number of hydrogen-bond acceptors (Lipinski definition) is 4. The Labute approximate surface area is 124 Å². The van der Waals surface area contributed by atoms with Crippen LogP contribution in [-0.4, -0.2) is 59.5 Å². The summed E-state index contributed by atoms with van der Waals surface area (Å²) in [6.07, 6.45) is 1.92. The molecule has 1 saturated heterocycles. The van der Waals surface area contributed by atoms with Gasteiger partial charge in [-0.3, -0.25) is 14.5 Å². The molecule has 1 N–H and O–H groups in total. The fraction of sp³-hybridized carbons (Fsp3) is 0.500. The molecule has 2 amide bonds. The Morgan fingerprint density at radius 1 is 1.10 bits per heavy atom. The van der Waals surface area contributed by atoms with Gasteiger partial charge in [-0.05, 0) is 37.4 Å². The van der Waals surface area contributed by atoms with Crippen LogP contribution < -0.4 is 0 Å². The number of likely N-dealkylation sites (tertiary alicyclic amines) is 1. The minimum Gasteiger partial charge on any atom is -0.396 e. The molecule has 21 heavy (non-hydrogen) atoms. The van der Waals surface area contributed by atoms with Crippen molar-refractivity contribution in [2.75, 3.05) is 32.8 Å². The molecule has 0 radical (unpaired) electrons. The van der Waals surface area contributed by atoms with E-state index in [1.807, 2.05) is 0 Å². The SMILES string of the molecule is O=C1c2ccccc2C(=O)N1CCN1CCC(CCO)C1. The number of rotatable bonds is 5. The molecule has 0 aliphatic carbocycles. The number of hydrogen-bond donors (Lipinski definition) is 1. The van der Waals surface area contributed by atoms with Crippen molar-refractivity contribution in [2.24, 2.45) is 5.92 Å². The molecule has 0 spiro atoms. The molecule has 1 aromatic carbocycles. The first-order valence-corrected chi connectivity index (χ1v) is 7.49. The maximum Gasteiger partial charge on any atom is 0.261 e. The molecule has 1 fully saturated rings. The van der Waals surface area contributed by atoms with Crippen molar-refractivity contribution in [3.63, 3.8) is 0 Å². The smallest absolute Gasteiger partial charge is 0.261 e. The molecule has 112 valence electrons. The van der Waals surface area contributed by atoms with Gasteiger partial charge in [-0.25, -0.2) is 0 Å². The third-order valence-electron chi connectivity index (χ3n) is 4.43. The Hall–Kier alpha value is -1.72. The first-order valence-electron chi connectivity index (χ1n) is 7.49. The Morgan fingerprint density at radius 3 is 2.38 bits per heavy atom. The van der Waals surface area contributed by atoms with Gasteiger partial charge in [0.1, 0.15) is 0 Å². The first-order chi connectivity index (χ1) is 10.2. The standard InChI is InChI=1S/C16H20N2O3/c19-10-6-12-5-7-17(11-12)8-9-18-15(20)13-3-1-2-4-14(13)16(18)21/h1-4,12,19H,5-11H2. The Balaban J connectivity index is 1.58. The normalized spacial score (nSPS) is 22.1. The van der Waals surface area contributed by atoms with Gasteiger partial charge in [-0.15, -0.1) is 0 Å². The summed E-state index contributed by atoms with van der Waals surface area (Å²) in [5.74, 6) is 0.181. The van der Waals surface area contributed by atoms with E-state index in [0.29, 0.717) is 30.1 Å². The Morgan fingerprint density at radius 2 is 1.76 bits per heavy atom. The largest absolute Gasteiger partial charge is 0.396 e. The van der Waals surface area contributed by atoms with Crippen molar-refractivity contribution in [1.29, 1.82) is 0 Å². The molecule has 2 aliphatic heterocycles. The van der Waals surface area contributed by atoms with Crippen LogP contribution >= 0.6 is 0 Å². The van der Waals surface area contributed by atoms with E-state index in [0.717, 1.165) is 25.9 Å². The number of aliphatic hydroxyl groups excluding tert-OH is 1. The Kier molecular flexibility index (Phi) is 4.03. The summed E-state index contributed by atoms with van der Waals surface area (Å²) in [5.41, 5.74) is 1.03. The van der Waals surface area contributed by atoms with E-state index in [-0.39, 0.29) is 18.4 Å². The zero-order chi connectivity index (χ0) is 14.8. The fourth-order valence-electron chi connectivity index (χ4n) is 3.22. The lowest BCUT2D eigenvalue weighted by Crippen LogP contribution is -2.37. The summed E-state index contributed by atoms with van der Waals surface area (Å²) < 4.78 is 0. The van der Waals surface area contributed by atoms with Gasteiger partial charge in [0, 0.05) is 26.2 Å². The molecule has 5 nitrogen and oxygen atoms in total. The summed E-state index contributed by atoms with van der Waals surface area (Å²) in [5, 5.41) is 8.97. The van der Waals surface area contributed by atoms with E-state index in [1.165, 1.54) is 4.90 Å². The van der Waals surface area contributed by atoms with Gasteiger partial charge in [0.05, 0.1) is 11.1 Å². The second-order valence-corrected chi connectivity index (χ2v) is 5.78. The summed E-state index contributed by atoms with van der Waals surface area (Å²) in [7, 11) is 0. The van der Waals surface area contributed by atoms with E-state index >= 15 is 0 Å². The van der Waals surface area contributed by atoms with E-state index in [1.54, 1.807) is 24.3 Å². The molecule has 0 saturated carbocycles. The highest BCUT2D eigenvalue weighted by atomic mass is 16.3. The lowest BCUT2D eigenvalue weighted by molar-refractivity contribution is 0.0640. The lowest BCUT2D eigenvalue weighted by Gasteiger charge is -2.20. The van der Waals surface area contributed by atoms with Crippen LogP contribution in [0.4, 0.5) is 0 Å². The third kappa shape index (κ3) is 2.71. The van der Waals surface area contributed by atoms with Crippen LogP contribution in [-0.2, 0) is 0 Å². The molecule has 1 aromatic rings. The van der Waals surface area contributed by atoms with E-state index in [9.17, 15) is 9.59 Å². The number of amides is 2. The summed E-state index contributed by atoms with van der Waals surface area (Å²) >= 11 is 0. The van der Waals surface area contributed by atoms with E-state index in [2.05, 4.69) is 4.90 Å². The Bertz CT molecular complexity index is 523. The van der Waals surface area contributed by atoms with Crippen molar-refractivity contribution in [3.05, 3.63) is 35.4 Å². The molecular weight excluding hydrogens is 268 g/mol. The molecule has 3 rings (SSSR count). The van der Waals surface area contributed by atoms with E-state index < -0.39 is 0 Å². The third-order valence-corrected chi connectivity index (χ3v) is 4.43. The molecule has 2 heterocycles. The van der Waals surface area contributed by atoms with Gasteiger partial charge in [0.15, 0.2) is 0 Å². The number of benzene rings is 1. The maximum atomic E-state index is 12.2. The van der Waals surface area contributed by atoms with Crippen molar-refractivity contribution < 1.29 is 14.7 Å². The summed E-state index contributed by atoms with van der Waals surface area (Å²) in [4.78, 5) is 28.1. The summed E-state index contributed by atoms with van der Waals surface area (Å²) in [6.45, 7) is 3.32. The van der Waals surface area contributed by atoms with Crippen LogP contribution in [0.5, 0.6) is 0 Å². The van der Waals surface area contributed by atoms with Gasteiger partial charge < -0.3 is 10.0 Å². The second-order valence-electron chi connectivity index (χ2n) is 5.78. The fourth-order valence-corrected chi connectivity index (χ4v) is 3.22. The van der Waals surface area contributed by atoms with Gasteiger partial charge in [-0.1, -0.05) is 12.1 Å². The van der Waals surface area contributed by atoms with Crippen molar-refractivity contribution in [3.8, 4) is 0 Å². The minimum atomic E-state index is -0.179. The number of carbonyl (C=O) groups is 2. The molecule has 1 unspecified atom stereocenters. The quantitative estimate of drug-likeness (QED) is 0.821. The van der Waals surface area contributed by atoms with Gasteiger partial charge >= 0.3 is 0 Å². The number of fused-ring (bicyclic) bond motifs is 1. The maximum absolute atomic E-state index is 12.2. The minimum absolute atomic E-state index is 0.179.